The molecule has 1 aromatic carbocycles. The largest absolute Gasteiger partial charge is 0.339 e. The molecule has 0 unspecified atom stereocenters. The zero-order valence-corrected chi connectivity index (χ0v) is 12.3. The number of nitrogens with one attached hydrogen (secondary N) is 2. The summed E-state index contributed by atoms with van der Waals surface area (Å²) in [7, 11) is 0. The second kappa shape index (κ2) is 6.95. The first-order chi connectivity index (χ1) is 9.33. The van der Waals surface area contributed by atoms with E-state index in [1.807, 2.05) is 43.3 Å². The average Bonchev–Trinajstić information content (AvgIpc) is 2.89. The van der Waals surface area contributed by atoms with E-state index in [1.165, 1.54) is 0 Å². The van der Waals surface area contributed by atoms with Crippen molar-refractivity contribution in [2.75, 3.05) is 10.6 Å². The minimum absolute atomic E-state index is 0.813. The first kappa shape index (κ1) is 13.6. The van der Waals surface area contributed by atoms with E-state index in [2.05, 4.69) is 49.7 Å². The molecule has 0 aliphatic rings. The SMILES string of the molecule is C/C=C(\C=C/CBr)c1cc(Nc2ccccc2)n[nH]1. The summed E-state index contributed by atoms with van der Waals surface area (Å²) in [6, 6.07) is 12.0. The number of alkyl halides is 1. The molecule has 2 N–H and O–H groups in total. The lowest BCUT2D eigenvalue weighted by atomic mass is 10.1. The van der Waals surface area contributed by atoms with Crippen LogP contribution in [0.15, 0.2) is 54.6 Å². The van der Waals surface area contributed by atoms with Crippen LogP contribution in [0.25, 0.3) is 5.57 Å². The Morgan fingerprint density at radius 2 is 2.16 bits per heavy atom. The molecule has 0 atom stereocenters. The molecule has 0 aliphatic carbocycles. The van der Waals surface area contributed by atoms with Gasteiger partial charge in [-0.15, -0.1) is 0 Å². The van der Waals surface area contributed by atoms with E-state index in [-0.39, 0.29) is 0 Å². The number of benzene rings is 1. The van der Waals surface area contributed by atoms with Crippen LogP contribution in [0.4, 0.5) is 11.5 Å². The number of H-pyrrole nitrogens is 1. The highest BCUT2D eigenvalue weighted by atomic mass is 79.9. The molecule has 0 aliphatic heterocycles. The lowest BCUT2D eigenvalue weighted by Crippen LogP contribution is -1.88. The van der Waals surface area contributed by atoms with Crippen molar-refractivity contribution in [3.8, 4) is 0 Å². The Hall–Kier alpha value is -1.81. The van der Waals surface area contributed by atoms with E-state index >= 15 is 0 Å². The highest BCUT2D eigenvalue weighted by Gasteiger charge is 2.03. The number of hydrogen-bond donors (Lipinski definition) is 2. The zero-order valence-electron chi connectivity index (χ0n) is 10.7. The Bertz CT molecular complexity index is 570. The number of para-hydroxylation sites is 1. The van der Waals surface area contributed by atoms with Crippen LogP contribution in [0.2, 0.25) is 0 Å². The normalized spacial score (nSPS) is 12.0. The highest BCUT2D eigenvalue weighted by Crippen LogP contribution is 2.19. The zero-order chi connectivity index (χ0) is 13.5. The average molecular weight is 318 g/mol. The van der Waals surface area contributed by atoms with Crippen LogP contribution in [0, 0.1) is 0 Å². The quantitative estimate of drug-likeness (QED) is 0.629. The topological polar surface area (TPSA) is 40.7 Å². The van der Waals surface area contributed by atoms with E-state index in [9.17, 15) is 0 Å². The van der Waals surface area contributed by atoms with Gasteiger partial charge in [-0.3, -0.25) is 5.10 Å². The molecular weight excluding hydrogens is 302 g/mol. The highest BCUT2D eigenvalue weighted by molar-refractivity contribution is 9.09. The molecule has 0 spiro atoms. The van der Waals surface area contributed by atoms with Crippen LogP contribution < -0.4 is 5.32 Å². The van der Waals surface area contributed by atoms with Gasteiger partial charge >= 0.3 is 0 Å². The maximum atomic E-state index is 4.27. The standard InChI is InChI=1S/C15H16BrN3/c1-2-12(7-6-10-16)14-11-15(19-18-14)17-13-8-4-3-5-9-13/h2-9,11H,10H2,1H3,(H2,17,18,19)/b7-6-,12-2+. The predicted molar refractivity (Wildman–Crippen MR) is 84.9 cm³/mol. The molecule has 0 saturated carbocycles. The fourth-order valence-electron chi connectivity index (χ4n) is 1.72. The Morgan fingerprint density at radius 3 is 2.84 bits per heavy atom. The number of anilines is 2. The molecule has 3 nitrogen and oxygen atoms in total. The van der Waals surface area contributed by atoms with E-state index < -0.39 is 0 Å². The van der Waals surface area contributed by atoms with Gasteiger partial charge in [-0.25, -0.2) is 0 Å². The number of hydrogen-bond acceptors (Lipinski definition) is 2. The maximum Gasteiger partial charge on any atom is 0.152 e. The third-order valence-electron chi connectivity index (χ3n) is 2.63. The molecule has 0 radical (unpaired) electrons. The lowest BCUT2D eigenvalue weighted by Gasteiger charge is -2.00. The third-order valence-corrected chi connectivity index (χ3v) is 3.01. The molecule has 19 heavy (non-hydrogen) atoms. The van der Waals surface area contributed by atoms with Crippen LogP contribution in [-0.2, 0) is 0 Å². The van der Waals surface area contributed by atoms with Gasteiger partial charge in [0.2, 0.25) is 0 Å². The number of aromatic amines is 1. The van der Waals surface area contributed by atoms with Crippen LogP contribution >= 0.6 is 15.9 Å². The second-order valence-electron chi connectivity index (χ2n) is 3.96. The van der Waals surface area contributed by atoms with Crippen LogP contribution in [0.5, 0.6) is 0 Å². The Morgan fingerprint density at radius 1 is 1.37 bits per heavy atom. The molecule has 0 bridgehead atoms. The van der Waals surface area contributed by atoms with Gasteiger partial charge in [-0.05, 0) is 24.6 Å². The number of nitrogens with zero attached hydrogens (tertiary/aromatic N) is 1. The van der Waals surface area contributed by atoms with Crippen molar-refractivity contribution in [3.63, 3.8) is 0 Å². The third kappa shape index (κ3) is 3.83. The predicted octanol–water partition coefficient (Wildman–Crippen LogP) is 4.51. The Labute approximate surface area is 121 Å². The summed E-state index contributed by atoms with van der Waals surface area (Å²) in [5, 5.41) is 11.4. The summed E-state index contributed by atoms with van der Waals surface area (Å²) >= 11 is 3.38. The fraction of sp³-hybridized carbons (Fsp3) is 0.133. The van der Waals surface area contributed by atoms with Gasteiger partial charge in [0.1, 0.15) is 0 Å². The summed E-state index contributed by atoms with van der Waals surface area (Å²) in [5.74, 6) is 0.813. The molecular formula is C15H16BrN3. The van der Waals surface area contributed by atoms with E-state index in [4.69, 9.17) is 0 Å². The second-order valence-corrected chi connectivity index (χ2v) is 4.61. The van der Waals surface area contributed by atoms with E-state index in [0.29, 0.717) is 0 Å². The van der Waals surface area contributed by atoms with Crippen LogP contribution in [0.1, 0.15) is 12.6 Å². The molecule has 1 heterocycles. The van der Waals surface area contributed by atoms with E-state index in [0.717, 1.165) is 28.1 Å². The molecule has 98 valence electrons. The van der Waals surface area contributed by atoms with Gasteiger partial charge in [0.25, 0.3) is 0 Å². The van der Waals surface area contributed by atoms with Crippen molar-refractivity contribution in [1.82, 2.24) is 10.2 Å². The molecule has 2 aromatic rings. The summed E-state index contributed by atoms with van der Waals surface area (Å²) in [4.78, 5) is 0. The van der Waals surface area contributed by atoms with Crippen molar-refractivity contribution < 1.29 is 0 Å². The van der Waals surface area contributed by atoms with Gasteiger partial charge in [-0.2, -0.15) is 5.10 Å². The summed E-state index contributed by atoms with van der Waals surface area (Å²) < 4.78 is 0. The minimum atomic E-state index is 0.813. The molecule has 1 aromatic heterocycles. The molecule has 2 rings (SSSR count). The van der Waals surface area contributed by atoms with Crippen molar-refractivity contribution in [3.05, 3.63) is 60.3 Å². The number of halogens is 1. The first-order valence-corrected chi connectivity index (χ1v) is 7.22. The van der Waals surface area contributed by atoms with Gasteiger partial charge < -0.3 is 5.32 Å². The summed E-state index contributed by atoms with van der Waals surface area (Å²) in [6.45, 7) is 2.01. The monoisotopic (exact) mass is 317 g/mol. The van der Waals surface area contributed by atoms with Gasteiger partial charge in [0, 0.05) is 17.1 Å². The number of allylic oxidation sites excluding steroid dienone is 4. The minimum Gasteiger partial charge on any atom is -0.339 e. The van der Waals surface area contributed by atoms with Crippen molar-refractivity contribution in [2.24, 2.45) is 0 Å². The van der Waals surface area contributed by atoms with Gasteiger partial charge in [0.15, 0.2) is 5.82 Å². The van der Waals surface area contributed by atoms with Crippen molar-refractivity contribution >= 4 is 33.0 Å². The molecule has 0 saturated heterocycles. The van der Waals surface area contributed by atoms with Crippen molar-refractivity contribution in [2.45, 2.75) is 6.92 Å². The van der Waals surface area contributed by atoms with Crippen LogP contribution in [-0.4, -0.2) is 15.5 Å². The summed E-state index contributed by atoms with van der Waals surface area (Å²) in [5.41, 5.74) is 3.14. The lowest BCUT2D eigenvalue weighted by molar-refractivity contribution is 1.08. The van der Waals surface area contributed by atoms with E-state index in [1.54, 1.807) is 0 Å². The Balaban J connectivity index is 2.13. The Kier molecular flexibility index (Phi) is 4.98. The molecule has 0 amide bonds. The fourth-order valence-corrected chi connectivity index (χ4v) is 1.90. The van der Waals surface area contributed by atoms with Crippen LogP contribution in [0.3, 0.4) is 0 Å². The molecule has 0 fully saturated rings. The number of aromatic nitrogens is 2. The van der Waals surface area contributed by atoms with Gasteiger partial charge in [0.05, 0.1) is 5.69 Å². The first-order valence-electron chi connectivity index (χ1n) is 6.10. The number of rotatable bonds is 5. The van der Waals surface area contributed by atoms with Gasteiger partial charge in [-0.1, -0.05) is 52.4 Å². The maximum absolute atomic E-state index is 4.27. The summed E-state index contributed by atoms with van der Waals surface area (Å²) in [6.07, 6.45) is 6.17. The van der Waals surface area contributed by atoms with Crippen molar-refractivity contribution in [1.29, 1.82) is 0 Å². The smallest absolute Gasteiger partial charge is 0.152 e. The molecule has 4 heteroatoms.